The molecule has 5 heteroatoms. The summed E-state index contributed by atoms with van der Waals surface area (Å²) in [5, 5.41) is 4.74. The Morgan fingerprint density at radius 2 is 1.50 bits per heavy atom. The Morgan fingerprint density at radius 3 is 2.50 bits per heavy atom. The van der Waals surface area contributed by atoms with Crippen LogP contribution in [0.2, 0.25) is 0 Å². The van der Waals surface area contributed by atoms with Crippen LogP contribution in [0.5, 0.6) is 0 Å². The minimum Gasteiger partial charge on any atom is -0.456 e. The van der Waals surface area contributed by atoms with E-state index in [4.69, 9.17) is 9.40 Å². The van der Waals surface area contributed by atoms with E-state index >= 15 is 0 Å². The largest absolute Gasteiger partial charge is 0.456 e. The molecule has 0 N–H and O–H groups in total. The fourth-order valence-corrected chi connectivity index (χ4v) is 7.85. The van der Waals surface area contributed by atoms with Crippen LogP contribution in [-0.4, -0.2) is 20.7 Å². The van der Waals surface area contributed by atoms with Gasteiger partial charge in [-0.15, -0.1) is 0 Å². The first-order chi connectivity index (χ1) is 19.9. The van der Waals surface area contributed by atoms with Crippen molar-refractivity contribution in [2.45, 2.75) is 0 Å². The lowest BCUT2D eigenvalue weighted by Crippen LogP contribution is -2.52. The Kier molecular flexibility index (Phi) is 3.19. The fraction of sp³-hybridized carbons (Fsp3) is 0. The van der Waals surface area contributed by atoms with Gasteiger partial charge in [0.2, 0.25) is 12.5 Å². The Hall–Kier alpha value is -5.29. The van der Waals surface area contributed by atoms with Crippen molar-refractivity contribution in [2.24, 2.45) is 0 Å². The number of furan rings is 1. The van der Waals surface area contributed by atoms with Gasteiger partial charge < -0.3 is 4.42 Å². The second-order valence-corrected chi connectivity index (χ2v) is 11.1. The molecule has 0 saturated carbocycles. The van der Waals surface area contributed by atoms with Crippen LogP contribution in [-0.2, 0) is 0 Å². The fourth-order valence-electron chi connectivity index (χ4n) is 7.85. The van der Waals surface area contributed by atoms with Gasteiger partial charge in [0.25, 0.3) is 0 Å². The molecule has 0 fully saturated rings. The predicted molar refractivity (Wildman–Crippen MR) is 164 cm³/mol. The number of hydrogen-bond donors (Lipinski definition) is 0. The van der Waals surface area contributed by atoms with Crippen molar-refractivity contribution in [1.29, 1.82) is 0 Å². The lowest BCUT2D eigenvalue weighted by Gasteiger charge is -2.25. The summed E-state index contributed by atoms with van der Waals surface area (Å²) in [4.78, 5) is 5.39. The summed E-state index contributed by atoms with van der Waals surface area (Å²) >= 11 is 0. The van der Waals surface area contributed by atoms with Crippen LogP contribution < -0.4 is 16.4 Å². The molecule has 0 spiro atoms. The lowest BCUT2D eigenvalue weighted by molar-refractivity contribution is 0.669. The summed E-state index contributed by atoms with van der Waals surface area (Å²) in [7, 11) is 0. The number of aromatic nitrogens is 3. The summed E-state index contributed by atoms with van der Waals surface area (Å²) in [5.74, 6) is 0.933. The van der Waals surface area contributed by atoms with E-state index in [2.05, 4.69) is 106 Å². The van der Waals surface area contributed by atoms with Gasteiger partial charge in [0, 0.05) is 10.8 Å². The van der Waals surface area contributed by atoms with Gasteiger partial charge in [-0.25, -0.2) is 4.98 Å². The smallest absolute Gasteiger partial charge is 0.248 e. The van der Waals surface area contributed by atoms with Crippen LogP contribution >= 0.6 is 0 Å². The molecule has 5 heterocycles. The second kappa shape index (κ2) is 6.46. The standard InChI is InChI=1S/C35H18BN3O/c1-3-10-23-20(8-1)21-16-18-25-34-32(21)36(23)24-17-15-19-7-5-11-26-30(19)33(24)39(34)35(37-25)38(26)27-12-6-14-29-31(27)22-9-2-4-13-28(22)40-29/h1-18H. The highest BCUT2D eigenvalue weighted by Crippen LogP contribution is 2.40. The Morgan fingerprint density at radius 1 is 0.625 bits per heavy atom. The van der Waals surface area contributed by atoms with E-state index in [1.54, 1.807) is 0 Å². The summed E-state index contributed by atoms with van der Waals surface area (Å²) < 4.78 is 11.1. The number of hydrogen-bond acceptors (Lipinski definition) is 2. The zero-order valence-corrected chi connectivity index (χ0v) is 21.2. The average molecular weight is 507 g/mol. The van der Waals surface area contributed by atoms with E-state index in [9.17, 15) is 0 Å². The van der Waals surface area contributed by atoms with Crippen LogP contribution in [0.3, 0.4) is 0 Å². The average Bonchev–Trinajstić information content (AvgIpc) is 3.67. The molecule has 11 rings (SSSR count). The number of fused-ring (bicyclic) bond motifs is 7. The van der Waals surface area contributed by atoms with Crippen molar-refractivity contribution in [3.8, 4) is 16.8 Å². The molecule has 6 aromatic carbocycles. The minimum atomic E-state index is 0.215. The molecular formula is C35H18BN3O. The number of benzene rings is 6. The van der Waals surface area contributed by atoms with E-state index in [1.165, 1.54) is 49.3 Å². The van der Waals surface area contributed by atoms with Gasteiger partial charge in [-0.05, 0) is 57.8 Å². The Labute approximate surface area is 227 Å². The first-order valence-electron chi connectivity index (χ1n) is 13.8. The monoisotopic (exact) mass is 507 g/mol. The van der Waals surface area contributed by atoms with Crippen LogP contribution in [0.1, 0.15) is 0 Å². The molecule has 9 aromatic rings. The van der Waals surface area contributed by atoms with Crippen LogP contribution in [0.15, 0.2) is 114 Å². The molecule has 0 aliphatic carbocycles. The molecule has 0 unspecified atom stereocenters. The predicted octanol–water partition coefficient (Wildman–Crippen LogP) is 6.29. The van der Waals surface area contributed by atoms with Gasteiger partial charge in [-0.2, -0.15) is 0 Å². The molecule has 3 aromatic heterocycles. The Balaban J connectivity index is 1.43. The van der Waals surface area contributed by atoms with Gasteiger partial charge in [0.1, 0.15) is 11.2 Å². The maximum Gasteiger partial charge on any atom is 0.248 e. The lowest BCUT2D eigenvalue weighted by atomic mass is 9.37. The van der Waals surface area contributed by atoms with Crippen molar-refractivity contribution < 1.29 is 4.42 Å². The minimum absolute atomic E-state index is 0.215. The first kappa shape index (κ1) is 19.7. The topological polar surface area (TPSA) is 35.4 Å². The summed E-state index contributed by atoms with van der Waals surface area (Å²) in [5.41, 5.74) is 14.4. The van der Waals surface area contributed by atoms with Gasteiger partial charge in [0.05, 0.1) is 33.1 Å². The molecular weight excluding hydrogens is 489 g/mol. The Bertz CT molecular complexity index is 2620. The number of imidazole rings is 1. The molecule has 0 bridgehead atoms. The van der Waals surface area contributed by atoms with E-state index in [1.807, 2.05) is 12.1 Å². The van der Waals surface area contributed by atoms with Gasteiger partial charge in [0.15, 0.2) is 0 Å². The van der Waals surface area contributed by atoms with Crippen LogP contribution in [0, 0.1) is 0 Å². The second-order valence-electron chi connectivity index (χ2n) is 11.1. The van der Waals surface area contributed by atoms with Gasteiger partial charge in [-0.3, -0.25) is 8.97 Å². The molecule has 0 amide bonds. The van der Waals surface area contributed by atoms with E-state index in [0.717, 1.165) is 44.4 Å². The maximum atomic E-state index is 6.32. The number of rotatable bonds is 1. The zero-order chi connectivity index (χ0) is 25.7. The SMILES string of the molecule is c1ccc2c(c1)B1c3c-2ccc2nc4n(-c5cccc6oc7ccccc7c56)c5cccc6ccc1c(c65)n4c32. The van der Waals surface area contributed by atoms with Crippen molar-refractivity contribution in [1.82, 2.24) is 14.0 Å². The molecule has 2 aliphatic heterocycles. The highest BCUT2D eigenvalue weighted by atomic mass is 16.3. The van der Waals surface area contributed by atoms with E-state index in [-0.39, 0.29) is 6.71 Å². The molecule has 0 radical (unpaired) electrons. The molecule has 0 atom stereocenters. The van der Waals surface area contributed by atoms with Crippen molar-refractivity contribution in [3.05, 3.63) is 109 Å². The number of para-hydroxylation sites is 1. The van der Waals surface area contributed by atoms with E-state index in [0.29, 0.717) is 0 Å². The van der Waals surface area contributed by atoms with E-state index < -0.39 is 0 Å². The molecule has 40 heavy (non-hydrogen) atoms. The summed E-state index contributed by atoms with van der Waals surface area (Å²) in [6.07, 6.45) is 0. The van der Waals surface area contributed by atoms with Crippen LogP contribution in [0.4, 0.5) is 0 Å². The quantitative estimate of drug-likeness (QED) is 0.245. The maximum absolute atomic E-state index is 6.32. The highest BCUT2D eigenvalue weighted by molar-refractivity contribution is 7.02. The van der Waals surface area contributed by atoms with Crippen molar-refractivity contribution in [3.63, 3.8) is 0 Å². The first-order valence-corrected chi connectivity index (χ1v) is 13.8. The van der Waals surface area contributed by atoms with Crippen molar-refractivity contribution >= 4 is 83.7 Å². The molecule has 4 nitrogen and oxygen atoms in total. The zero-order valence-electron chi connectivity index (χ0n) is 21.2. The van der Waals surface area contributed by atoms with Gasteiger partial charge in [-0.1, -0.05) is 84.3 Å². The van der Waals surface area contributed by atoms with Crippen molar-refractivity contribution in [2.75, 3.05) is 0 Å². The molecule has 0 saturated heterocycles. The third kappa shape index (κ3) is 2.05. The number of nitrogens with zero attached hydrogens (tertiary/aromatic N) is 3. The normalized spacial score (nSPS) is 13.4. The molecule has 2 aliphatic rings. The third-order valence-electron chi connectivity index (χ3n) is 9.31. The van der Waals surface area contributed by atoms with Crippen LogP contribution in [0.25, 0.3) is 77.4 Å². The molecule has 182 valence electrons. The summed E-state index contributed by atoms with van der Waals surface area (Å²) in [6, 6.07) is 39.4. The highest BCUT2D eigenvalue weighted by Gasteiger charge is 2.41. The third-order valence-corrected chi connectivity index (χ3v) is 9.31. The summed E-state index contributed by atoms with van der Waals surface area (Å²) in [6.45, 7) is 0.215. The van der Waals surface area contributed by atoms with Gasteiger partial charge >= 0.3 is 0 Å².